The van der Waals surface area contributed by atoms with Gasteiger partial charge in [-0.25, -0.2) is 0 Å². The fourth-order valence-electron chi connectivity index (χ4n) is 2.96. The number of carbonyl (C=O) groups excluding carboxylic acids is 1. The minimum absolute atomic E-state index is 0.0944. The van der Waals surface area contributed by atoms with Crippen LogP contribution < -0.4 is 5.32 Å². The van der Waals surface area contributed by atoms with Gasteiger partial charge in [-0.15, -0.1) is 10.2 Å². The molecule has 1 fully saturated rings. The van der Waals surface area contributed by atoms with E-state index in [1.807, 2.05) is 4.57 Å². The fourth-order valence-corrected chi connectivity index (χ4v) is 2.96. The van der Waals surface area contributed by atoms with Gasteiger partial charge < -0.3 is 19.5 Å². The van der Waals surface area contributed by atoms with Gasteiger partial charge in [-0.2, -0.15) is 0 Å². The van der Waals surface area contributed by atoms with Crippen LogP contribution in [0.25, 0.3) is 0 Å². The van der Waals surface area contributed by atoms with Crippen molar-refractivity contribution in [3.8, 4) is 0 Å². The maximum atomic E-state index is 11.8. The first kappa shape index (κ1) is 17.2. The van der Waals surface area contributed by atoms with Crippen LogP contribution >= 0.6 is 0 Å². The van der Waals surface area contributed by atoms with E-state index in [0.717, 1.165) is 37.8 Å². The zero-order valence-corrected chi connectivity index (χ0v) is 14.3. The lowest BCUT2D eigenvalue weighted by Gasteiger charge is -2.21. The van der Waals surface area contributed by atoms with E-state index < -0.39 is 0 Å². The summed E-state index contributed by atoms with van der Waals surface area (Å²) in [6, 6.07) is 0. The zero-order valence-electron chi connectivity index (χ0n) is 14.3. The Morgan fingerprint density at radius 1 is 1.52 bits per heavy atom. The molecule has 2 atom stereocenters. The van der Waals surface area contributed by atoms with Gasteiger partial charge in [-0.05, 0) is 5.92 Å². The van der Waals surface area contributed by atoms with Gasteiger partial charge in [-0.1, -0.05) is 13.8 Å². The van der Waals surface area contributed by atoms with E-state index in [2.05, 4.69) is 39.3 Å². The van der Waals surface area contributed by atoms with E-state index in [-0.39, 0.29) is 17.8 Å². The summed E-state index contributed by atoms with van der Waals surface area (Å²) in [5, 5.41) is 11.3. The molecule has 8 nitrogen and oxygen atoms in total. The van der Waals surface area contributed by atoms with Crippen molar-refractivity contribution in [1.29, 1.82) is 0 Å². The third-order valence-electron chi connectivity index (χ3n) is 4.28. The summed E-state index contributed by atoms with van der Waals surface area (Å²) in [5.74, 6) is 1.80. The Kier molecular flexibility index (Phi) is 5.95. The number of nitrogens with one attached hydrogen (secondary N) is 1. The Balaban J connectivity index is 1.88. The number of aromatic nitrogens is 3. The fraction of sp³-hybridized carbons (Fsp3) is 0.733. The summed E-state index contributed by atoms with van der Waals surface area (Å²) in [4.78, 5) is 18.2. The molecule has 0 aromatic carbocycles. The van der Waals surface area contributed by atoms with Gasteiger partial charge in [0.2, 0.25) is 0 Å². The molecule has 0 amide bonds. The van der Waals surface area contributed by atoms with Crippen molar-refractivity contribution in [2.45, 2.75) is 26.8 Å². The maximum Gasteiger partial charge on any atom is 0.310 e. The standard InChI is InChI=1S/C15H26N6O2/c1-5-13-19-18-10-20(13)7-6-17-15(16-3)21-8-11(2)12(9-21)14(22)23-4/h10-12H,5-9H2,1-4H3,(H,16,17). The number of rotatable bonds is 5. The summed E-state index contributed by atoms with van der Waals surface area (Å²) >= 11 is 0. The largest absolute Gasteiger partial charge is 0.469 e. The van der Waals surface area contributed by atoms with Gasteiger partial charge in [0.1, 0.15) is 12.2 Å². The van der Waals surface area contributed by atoms with Crippen LogP contribution in [0.1, 0.15) is 19.7 Å². The molecule has 1 N–H and O–H groups in total. The topological polar surface area (TPSA) is 84.6 Å². The molecule has 0 aliphatic carbocycles. The van der Waals surface area contributed by atoms with Crippen molar-refractivity contribution in [2.24, 2.45) is 16.8 Å². The molecule has 1 saturated heterocycles. The third kappa shape index (κ3) is 4.00. The lowest BCUT2D eigenvalue weighted by atomic mass is 9.99. The second-order valence-corrected chi connectivity index (χ2v) is 5.78. The van der Waals surface area contributed by atoms with Crippen LogP contribution in [0.4, 0.5) is 0 Å². The smallest absolute Gasteiger partial charge is 0.310 e. The SMILES string of the molecule is CCc1nncn1CCNC(=NC)N1CC(C)C(C(=O)OC)C1. The highest BCUT2D eigenvalue weighted by atomic mass is 16.5. The molecule has 0 spiro atoms. The van der Waals surface area contributed by atoms with Crippen molar-refractivity contribution in [3.05, 3.63) is 12.2 Å². The number of methoxy groups -OCH3 is 1. The third-order valence-corrected chi connectivity index (χ3v) is 4.28. The molecule has 0 bridgehead atoms. The van der Waals surface area contributed by atoms with Crippen molar-refractivity contribution < 1.29 is 9.53 Å². The average Bonchev–Trinajstić information content (AvgIpc) is 3.17. The molecule has 8 heteroatoms. The minimum Gasteiger partial charge on any atom is -0.469 e. The summed E-state index contributed by atoms with van der Waals surface area (Å²) in [7, 11) is 3.20. The molecular formula is C15H26N6O2. The number of nitrogens with zero attached hydrogens (tertiary/aromatic N) is 5. The Labute approximate surface area is 136 Å². The highest BCUT2D eigenvalue weighted by Gasteiger charge is 2.36. The van der Waals surface area contributed by atoms with Gasteiger partial charge in [0.05, 0.1) is 13.0 Å². The lowest BCUT2D eigenvalue weighted by Crippen LogP contribution is -2.41. The number of hydrogen-bond donors (Lipinski definition) is 1. The highest BCUT2D eigenvalue weighted by molar-refractivity contribution is 5.82. The summed E-state index contributed by atoms with van der Waals surface area (Å²) < 4.78 is 6.91. The second kappa shape index (κ2) is 7.94. The lowest BCUT2D eigenvalue weighted by molar-refractivity contribution is -0.145. The van der Waals surface area contributed by atoms with Crippen LogP contribution in [0, 0.1) is 11.8 Å². The first-order valence-electron chi connectivity index (χ1n) is 8.00. The molecule has 1 aromatic rings. The predicted molar refractivity (Wildman–Crippen MR) is 87.0 cm³/mol. The molecular weight excluding hydrogens is 296 g/mol. The number of carbonyl (C=O) groups is 1. The molecule has 2 heterocycles. The quantitative estimate of drug-likeness (QED) is 0.472. The Morgan fingerprint density at radius 3 is 2.96 bits per heavy atom. The molecule has 128 valence electrons. The van der Waals surface area contributed by atoms with Gasteiger partial charge in [0, 0.05) is 39.6 Å². The molecule has 23 heavy (non-hydrogen) atoms. The molecule has 2 unspecified atom stereocenters. The number of aliphatic imine (C=N–C) groups is 1. The van der Waals surface area contributed by atoms with Crippen molar-refractivity contribution in [3.63, 3.8) is 0 Å². The van der Waals surface area contributed by atoms with E-state index in [0.29, 0.717) is 6.54 Å². The number of aryl methyl sites for hydroxylation is 1. The number of guanidine groups is 1. The molecule has 0 saturated carbocycles. The predicted octanol–water partition coefficient (Wildman–Crippen LogP) is 0.157. The van der Waals surface area contributed by atoms with E-state index in [4.69, 9.17) is 4.74 Å². The number of likely N-dealkylation sites (tertiary alicyclic amines) is 1. The first-order valence-corrected chi connectivity index (χ1v) is 8.00. The normalized spacial score (nSPS) is 21.6. The highest BCUT2D eigenvalue weighted by Crippen LogP contribution is 2.23. The number of esters is 1. The van der Waals surface area contributed by atoms with Crippen LogP contribution in [0.3, 0.4) is 0 Å². The molecule has 1 aliphatic rings. The van der Waals surface area contributed by atoms with Crippen LogP contribution in [0.15, 0.2) is 11.3 Å². The number of hydrogen-bond acceptors (Lipinski definition) is 5. The summed E-state index contributed by atoms with van der Waals surface area (Å²) in [6.45, 7) is 7.07. The summed E-state index contributed by atoms with van der Waals surface area (Å²) in [6.07, 6.45) is 2.60. The van der Waals surface area contributed by atoms with E-state index >= 15 is 0 Å². The minimum atomic E-state index is -0.146. The maximum absolute atomic E-state index is 11.8. The monoisotopic (exact) mass is 322 g/mol. The zero-order chi connectivity index (χ0) is 16.8. The van der Waals surface area contributed by atoms with Crippen molar-refractivity contribution in [2.75, 3.05) is 33.8 Å². The number of ether oxygens (including phenoxy) is 1. The Bertz CT molecular complexity index is 556. The van der Waals surface area contributed by atoms with Gasteiger partial charge in [-0.3, -0.25) is 9.79 Å². The van der Waals surface area contributed by atoms with E-state index in [9.17, 15) is 4.79 Å². The van der Waals surface area contributed by atoms with Crippen LogP contribution in [-0.4, -0.2) is 65.4 Å². The first-order chi connectivity index (χ1) is 11.1. The average molecular weight is 322 g/mol. The Morgan fingerprint density at radius 2 is 2.30 bits per heavy atom. The van der Waals surface area contributed by atoms with Crippen molar-refractivity contribution in [1.82, 2.24) is 25.0 Å². The van der Waals surface area contributed by atoms with Crippen molar-refractivity contribution >= 4 is 11.9 Å². The second-order valence-electron chi connectivity index (χ2n) is 5.78. The van der Waals surface area contributed by atoms with Gasteiger partial charge in [0.25, 0.3) is 0 Å². The van der Waals surface area contributed by atoms with E-state index in [1.165, 1.54) is 7.11 Å². The summed E-state index contributed by atoms with van der Waals surface area (Å²) in [5.41, 5.74) is 0. The Hall–Kier alpha value is -2.12. The van der Waals surface area contributed by atoms with Crippen LogP contribution in [0.5, 0.6) is 0 Å². The van der Waals surface area contributed by atoms with Gasteiger partial charge in [0.15, 0.2) is 5.96 Å². The van der Waals surface area contributed by atoms with Crippen LogP contribution in [0.2, 0.25) is 0 Å². The van der Waals surface area contributed by atoms with E-state index in [1.54, 1.807) is 13.4 Å². The van der Waals surface area contributed by atoms with Gasteiger partial charge >= 0.3 is 5.97 Å². The molecule has 1 aromatic heterocycles. The molecule has 1 aliphatic heterocycles. The molecule has 0 radical (unpaired) electrons. The van der Waals surface area contributed by atoms with Crippen LogP contribution in [-0.2, 0) is 22.5 Å². The molecule has 2 rings (SSSR count).